The summed E-state index contributed by atoms with van der Waals surface area (Å²) in [6, 6.07) is 6.78. The van der Waals surface area contributed by atoms with Crippen LogP contribution in [0.25, 0.3) is 0 Å². The summed E-state index contributed by atoms with van der Waals surface area (Å²) in [5.74, 6) is 1.24. The smallest absolute Gasteiger partial charge is 0.323 e. The zero-order valence-electron chi connectivity index (χ0n) is 14.4. The Morgan fingerprint density at radius 3 is 2.04 bits per heavy atom. The third-order valence-corrected chi connectivity index (χ3v) is 6.63. The number of carbonyl (C=O) groups is 1. The van der Waals surface area contributed by atoms with Gasteiger partial charge in [-0.25, -0.2) is 0 Å². The molecule has 0 aliphatic carbocycles. The van der Waals surface area contributed by atoms with Gasteiger partial charge in [0, 0.05) is 0 Å². The fraction of sp³-hybridized carbons (Fsp3) is 0.278. The average molecular weight is 819 g/mol. The molecule has 1 atom stereocenters. The minimum atomic E-state index is -0.703. The molecule has 5 nitrogen and oxygen atoms in total. The van der Waals surface area contributed by atoms with Crippen molar-refractivity contribution in [1.29, 1.82) is 0 Å². The van der Waals surface area contributed by atoms with Gasteiger partial charge in [0.1, 0.15) is 17.5 Å². The number of benzene rings is 2. The predicted octanol–water partition coefficient (Wildman–Crippen LogP) is 5.42. The standard InChI is InChI=1S/C18H17I4NO4/c1-8(2)26-18(25)15(23)5-9-3-13(21)17(14(22)4-9)27-10-6-11(19)16(24)12(20)7-10/h3-4,6-8,15,24H,5,23H2,1-2H3/t15-/m0/s1. The molecule has 0 heterocycles. The quantitative estimate of drug-likeness (QED) is 0.301. The van der Waals surface area contributed by atoms with Crippen LogP contribution in [0.15, 0.2) is 24.3 Å². The molecule has 0 aliphatic rings. The van der Waals surface area contributed by atoms with Crippen LogP contribution < -0.4 is 10.5 Å². The Balaban J connectivity index is 2.21. The van der Waals surface area contributed by atoms with Gasteiger partial charge in [0.2, 0.25) is 0 Å². The van der Waals surface area contributed by atoms with E-state index in [0.717, 1.165) is 25.6 Å². The van der Waals surface area contributed by atoms with Gasteiger partial charge in [0.05, 0.1) is 20.4 Å². The van der Waals surface area contributed by atoms with E-state index in [-0.39, 0.29) is 11.9 Å². The van der Waals surface area contributed by atoms with Crippen molar-refractivity contribution in [3.05, 3.63) is 44.1 Å². The third-order valence-electron chi connectivity index (χ3n) is 3.38. The molecule has 0 radical (unpaired) electrons. The van der Waals surface area contributed by atoms with E-state index in [2.05, 4.69) is 90.4 Å². The SMILES string of the molecule is CC(C)OC(=O)[C@@H](N)Cc1cc(I)c(Oc2cc(I)c(O)c(I)c2)c(I)c1. The van der Waals surface area contributed by atoms with Gasteiger partial charge in [0.15, 0.2) is 5.75 Å². The topological polar surface area (TPSA) is 81.8 Å². The molecule has 9 heteroatoms. The molecule has 0 aromatic heterocycles. The van der Waals surface area contributed by atoms with E-state index in [1.807, 2.05) is 12.1 Å². The largest absolute Gasteiger partial charge is 0.506 e. The Kier molecular flexibility index (Phi) is 9.14. The Bertz CT molecular complexity index is 811. The number of carbonyl (C=O) groups excluding carboxylic acids is 1. The molecule has 146 valence electrons. The van der Waals surface area contributed by atoms with Crippen LogP contribution in [-0.2, 0) is 16.0 Å². The van der Waals surface area contributed by atoms with Crippen molar-refractivity contribution in [3.63, 3.8) is 0 Å². The highest BCUT2D eigenvalue weighted by Gasteiger charge is 2.19. The fourth-order valence-electron chi connectivity index (χ4n) is 2.20. The maximum atomic E-state index is 11.9. The van der Waals surface area contributed by atoms with Crippen LogP contribution in [0.4, 0.5) is 0 Å². The summed E-state index contributed by atoms with van der Waals surface area (Å²) in [5.41, 5.74) is 6.91. The summed E-state index contributed by atoms with van der Waals surface area (Å²) >= 11 is 8.56. The highest BCUT2D eigenvalue weighted by Crippen LogP contribution is 2.36. The summed E-state index contributed by atoms with van der Waals surface area (Å²) in [4.78, 5) is 11.9. The molecule has 0 spiro atoms. The zero-order valence-corrected chi connectivity index (χ0v) is 23.1. The molecule has 2 aromatic carbocycles. The van der Waals surface area contributed by atoms with Gasteiger partial charge in [-0.15, -0.1) is 0 Å². The number of nitrogens with two attached hydrogens (primary N) is 1. The van der Waals surface area contributed by atoms with Crippen LogP contribution in [0, 0.1) is 14.3 Å². The first-order valence-electron chi connectivity index (χ1n) is 7.88. The minimum Gasteiger partial charge on any atom is -0.506 e. The molecule has 0 unspecified atom stereocenters. The van der Waals surface area contributed by atoms with E-state index in [9.17, 15) is 9.90 Å². The molecule has 0 amide bonds. The fourth-order valence-corrected chi connectivity index (χ4v) is 6.03. The van der Waals surface area contributed by atoms with E-state index in [1.54, 1.807) is 26.0 Å². The van der Waals surface area contributed by atoms with E-state index >= 15 is 0 Å². The normalized spacial score (nSPS) is 12.1. The van der Waals surface area contributed by atoms with Crippen LogP contribution >= 0.6 is 90.4 Å². The summed E-state index contributed by atoms with van der Waals surface area (Å²) in [5, 5.41) is 9.90. The first-order valence-corrected chi connectivity index (χ1v) is 12.2. The lowest BCUT2D eigenvalue weighted by atomic mass is 10.1. The van der Waals surface area contributed by atoms with Crippen LogP contribution in [-0.4, -0.2) is 23.2 Å². The molecule has 3 N–H and O–H groups in total. The third kappa shape index (κ3) is 6.70. The van der Waals surface area contributed by atoms with Gasteiger partial charge in [0.25, 0.3) is 0 Å². The van der Waals surface area contributed by atoms with Crippen LogP contribution in [0.2, 0.25) is 0 Å². The number of esters is 1. The summed E-state index contributed by atoms with van der Waals surface area (Å²) in [7, 11) is 0. The predicted molar refractivity (Wildman–Crippen MR) is 138 cm³/mol. The number of halogens is 4. The summed E-state index contributed by atoms with van der Waals surface area (Å²) in [6.45, 7) is 3.60. The average Bonchev–Trinajstić information content (AvgIpc) is 2.55. The zero-order chi connectivity index (χ0) is 20.3. The molecule has 2 aromatic rings. The molecule has 0 saturated carbocycles. The lowest BCUT2D eigenvalue weighted by molar-refractivity contribution is -0.148. The highest BCUT2D eigenvalue weighted by atomic mass is 127. The number of ether oxygens (including phenoxy) is 2. The van der Waals surface area contributed by atoms with Crippen molar-refractivity contribution < 1.29 is 19.4 Å². The van der Waals surface area contributed by atoms with Crippen molar-refractivity contribution in [2.75, 3.05) is 0 Å². The number of phenolic OH excluding ortho intramolecular Hbond substituents is 1. The number of rotatable bonds is 6. The summed E-state index contributed by atoms with van der Waals surface area (Å²) in [6.07, 6.45) is 0.211. The monoisotopic (exact) mass is 819 g/mol. The molecular formula is C18H17I4NO4. The van der Waals surface area contributed by atoms with Crippen molar-refractivity contribution in [2.45, 2.75) is 32.4 Å². The van der Waals surface area contributed by atoms with Gasteiger partial charge in [-0.05, 0) is 140 Å². The van der Waals surface area contributed by atoms with Gasteiger partial charge < -0.3 is 20.3 Å². The second kappa shape index (κ2) is 10.4. The van der Waals surface area contributed by atoms with Crippen LogP contribution in [0.3, 0.4) is 0 Å². The van der Waals surface area contributed by atoms with Crippen molar-refractivity contribution in [1.82, 2.24) is 0 Å². The second-order valence-corrected chi connectivity index (χ2v) is 10.7. The Morgan fingerprint density at radius 1 is 1.04 bits per heavy atom. The van der Waals surface area contributed by atoms with Gasteiger partial charge in [-0.1, -0.05) is 0 Å². The molecule has 0 fully saturated rings. The number of hydrogen-bond acceptors (Lipinski definition) is 5. The minimum absolute atomic E-state index is 0.185. The molecule has 0 bridgehead atoms. The molecule has 0 aliphatic heterocycles. The summed E-state index contributed by atoms with van der Waals surface area (Å²) < 4.78 is 14.5. The van der Waals surface area contributed by atoms with Gasteiger partial charge in [-0.2, -0.15) is 0 Å². The lowest BCUT2D eigenvalue weighted by Crippen LogP contribution is -2.35. The lowest BCUT2D eigenvalue weighted by Gasteiger charge is -2.16. The number of hydrogen-bond donors (Lipinski definition) is 2. The first kappa shape index (κ1) is 23.7. The Hall–Kier alpha value is 0.390. The van der Waals surface area contributed by atoms with Crippen LogP contribution in [0.1, 0.15) is 19.4 Å². The molecule has 27 heavy (non-hydrogen) atoms. The maximum absolute atomic E-state index is 11.9. The molecular weight excluding hydrogens is 802 g/mol. The van der Waals surface area contributed by atoms with E-state index < -0.39 is 12.0 Å². The van der Waals surface area contributed by atoms with Crippen molar-refractivity contribution in [3.8, 4) is 17.2 Å². The Labute approximate surface area is 212 Å². The van der Waals surface area contributed by atoms with Crippen molar-refractivity contribution in [2.24, 2.45) is 5.73 Å². The second-order valence-electron chi connectivity index (χ2n) is 6.02. The van der Waals surface area contributed by atoms with E-state index in [0.29, 0.717) is 12.2 Å². The number of phenols is 1. The number of aromatic hydroxyl groups is 1. The Morgan fingerprint density at radius 2 is 1.56 bits per heavy atom. The van der Waals surface area contributed by atoms with Gasteiger partial charge in [-0.3, -0.25) is 4.79 Å². The van der Waals surface area contributed by atoms with Gasteiger partial charge >= 0.3 is 5.97 Å². The maximum Gasteiger partial charge on any atom is 0.323 e. The van der Waals surface area contributed by atoms with E-state index in [4.69, 9.17) is 15.2 Å². The van der Waals surface area contributed by atoms with Crippen LogP contribution in [0.5, 0.6) is 17.2 Å². The molecule has 2 rings (SSSR count). The first-order chi connectivity index (χ1) is 12.6. The highest BCUT2D eigenvalue weighted by molar-refractivity contribution is 14.1. The van der Waals surface area contributed by atoms with Crippen molar-refractivity contribution >= 4 is 96.3 Å². The molecule has 0 saturated heterocycles. The van der Waals surface area contributed by atoms with E-state index in [1.165, 1.54) is 0 Å².